The second-order valence-electron chi connectivity index (χ2n) is 5.70. The van der Waals surface area contributed by atoms with E-state index in [0.717, 1.165) is 44.1 Å². The minimum Gasteiger partial charge on any atom is -0.454 e. The summed E-state index contributed by atoms with van der Waals surface area (Å²) < 4.78 is 10.6. The van der Waals surface area contributed by atoms with Gasteiger partial charge in [-0.3, -0.25) is 0 Å². The third-order valence-electron chi connectivity index (χ3n) is 4.45. The van der Waals surface area contributed by atoms with E-state index >= 15 is 0 Å². The molecule has 0 spiro atoms. The summed E-state index contributed by atoms with van der Waals surface area (Å²) in [6.07, 6.45) is 5.08. The maximum absolute atomic E-state index is 10.7. The van der Waals surface area contributed by atoms with E-state index in [9.17, 15) is 10.4 Å². The van der Waals surface area contributed by atoms with Crippen molar-refractivity contribution in [3.63, 3.8) is 0 Å². The maximum Gasteiger partial charge on any atom is 0.231 e. The topological polar surface area (TPSA) is 62.5 Å². The summed E-state index contributed by atoms with van der Waals surface area (Å²) in [5.41, 5.74) is 0.0854. The number of aliphatic hydroxyl groups excluding tert-OH is 1. The van der Waals surface area contributed by atoms with E-state index in [1.54, 1.807) is 6.07 Å². The van der Waals surface area contributed by atoms with Crippen molar-refractivity contribution in [2.24, 2.45) is 5.41 Å². The van der Waals surface area contributed by atoms with Gasteiger partial charge in [-0.1, -0.05) is 31.7 Å². The van der Waals surface area contributed by atoms with Crippen molar-refractivity contribution in [1.82, 2.24) is 0 Å². The number of aliphatic hydroxyl groups is 1. The molecule has 1 saturated carbocycles. The lowest BCUT2D eigenvalue weighted by Gasteiger charge is -2.30. The number of ether oxygens (including phenoxy) is 2. The minimum absolute atomic E-state index is 0.221. The van der Waals surface area contributed by atoms with Crippen LogP contribution in [0.4, 0.5) is 0 Å². The number of rotatable bonds is 2. The van der Waals surface area contributed by atoms with E-state index in [0.29, 0.717) is 11.5 Å². The number of nitriles is 1. The van der Waals surface area contributed by atoms with Crippen LogP contribution >= 0.6 is 0 Å². The quantitative estimate of drug-likeness (QED) is 0.840. The first kappa shape index (κ1) is 13.3. The lowest BCUT2D eigenvalue weighted by molar-refractivity contribution is 0.0515. The highest BCUT2D eigenvalue weighted by atomic mass is 16.7. The van der Waals surface area contributed by atoms with Crippen LogP contribution < -0.4 is 9.47 Å². The molecule has 3 rings (SSSR count). The van der Waals surface area contributed by atoms with Crippen molar-refractivity contribution >= 4 is 0 Å². The lowest BCUT2D eigenvalue weighted by atomic mass is 9.74. The molecular weight excluding hydrogens is 254 g/mol. The van der Waals surface area contributed by atoms with E-state index in [-0.39, 0.29) is 6.79 Å². The Labute approximate surface area is 118 Å². The molecule has 1 N–H and O–H groups in total. The van der Waals surface area contributed by atoms with Crippen LogP contribution in [0, 0.1) is 16.7 Å². The predicted octanol–water partition coefficient (Wildman–Crippen LogP) is 3.31. The fourth-order valence-electron chi connectivity index (χ4n) is 3.21. The maximum atomic E-state index is 10.7. The molecule has 2 aliphatic rings. The van der Waals surface area contributed by atoms with E-state index < -0.39 is 11.5 Å². The zero-order chi connectivity index (χ0) is 14.0. The Morgan fingerprint density at radius 1 is 1.10 bits per heavy atom. The largest absolute Gasteiger partial charge is 0.454 e. The van der Waals surface area contributed by atoms with Crippen molar-refractivity contribution in [3.05, 3.63) is 23.8 Å². The molecule has 1 aromatic carbocycles. The van der Waals surface area contributed by atoms with Gasteiger partial charge in [0.2, 0.25) is 6.79 Å². The van der Waals surface area contributed by atoms with Crippen molar-refractivity contribution < 1.29 is 14.6 Å². The van der Waals surface area contributed by atoms with Crippen molar-refractivity contribution in [3.8, 4) is 17.6 Å². The third-order valence-corrected chi connectivity index (χ3v) is 4.45. The SMILES string of the molecule is N#CC1(C(O)c2ccc3c(c2)OCO3)CCCCCC1. The Morgan fingerprint density at radius 2 is 1.80 bits per heavy atom. The van der Waals surface area contributed by atoms with Gasteiger partial charge >= 0.3 is 0 Å². The Balaban J connectivity index is 1.90. The number of hydrogen-bond acceptors (Lipinski definition) is 4. The van der Waals surface area contributed by atoms with Gasteiger partial charge < -0.3 is 14.6 Å². The number of fused-ring (bicyclic) bond motifs is 1. The molecule has 1 fully saturated rings. The summed E-state index contributed by atoms with van der Waals surface area (Å²) in [4.78, 5) is 0. The molecule has 1 aromatic rings. The van der Waals surface area contributed by atoms with E-state index in [1.807, 2.05) is 12.1 Å². The Bertz CT molecular complexity index is 527. The van der Waals surface area contributed by atoms with Crippen LogP contribution in [-0.4, -0.2) is 11.9 Å². The standard InChI is InChI=1S/C16H19NO3/c17-10-16(7-3-1-2-4-8-16)15(18)12-5-6-13-14(9-12)20-11-19-13/h5-6,9,15,18H,1-4,7-8,11H2. The van der Waals surface area contributed by atoms with Crippen LogP contribution in [0.1, 0.15) is 50.2 Å². The molecule has 1 unspecified atom stereocenters. The molecule has 0 saturated heterocycles. The fraction of sp³-hybridized carbons (Fsp3) is 0.562. The van der Waals surface area contributed by atoms with Crippen LogP contribution in [0.5, 0.6) is 11.5 Å². The highest BCUT2D eigenvalue weighted by Gasteiger charge is 2.39. The minimum atomic E-state index is -0.764. The van der Waals surface area contributed by atoms with Crippen molar-refractivity contribution in [2.75, 3.05) is 6.79 Å². The fourth-order valence-corrected chi connectivity index (χ4v) is 3.21. The second-order valence-corrected chi connectivity index (χ2v) is 5.70. The van der Waals surface area contributed by atoms with E-state index in [1.165, 1.54) is 0 Å². The highest BCUT2D eigenvalue weighted by Crippen LogP contribution is 2.46. The molecule has 0 bridgehead atoms. The van der Waals surface area contributed by atoms with Crippen LogP contribution in [0.2, 0.25) is 0 Å². The molecule has 106 valence electrons. The average Bonchev–Trinajstić information content (AvgIpc) is 2.81. The zero-order valence-corrected chi connectivity index (χ0v) is 11.5. The van der Waals surface area contributed by atoms with Crippen LogP contribution in [0.25, 0.3) is 0 Å². The summed E-state index contributed by atoms with van der Waals surface area (Å²) in [5.74, 6) is 1.36. The van der Waals surface area contributed by atoms with Gasteiger partial charge in [-0.2, -0.15) is 5.26 Å². The smallest absolute Gasteiger partial charge is 0.231 e. The first-order valence-corrected chi connectivity index (χ1v) is 7.24. The van der Waals surface area contributed by atoms with E-state index in [2.05, 4.69) is 6.07 Å². The van der Waals surface area contributed by atoms with Gasteiger partial charge in [-0.25, -0.2) is 0 Å². The Hall–Kier alpha value is -1.73. The van der Waals surface area contributed by atoms with Crippen LogP contribution in [0.15, 0.2) is 18.2 Å². The third kappa shape index (κ3) is 2.23. The monoisotopic (exact) mass is 273 g/mol. The normalized spacial score (nSPS) is 21.8. The van der Waals surface area contributed by atoms with Crippen LogP contribution in [-0.2, 0) is 0 Å². The number of nitrogens with zero attached hydrogens (tertiary/aromatic N) is 1. The highest BCUT2D eigenvalue weighted by molar-refractivity contribution is 5.45. The molecule has 0 aromatic heterocycles. The molecule has 1 aliphatic carbocycles. The van der Waals surface area contributed by atoms with Crippen molar-refractivity contribution in [1.29, 1.82) is 5.26 Å². The van der Waals surface area contributed by atoms with Crippen LogP contribution in [0.3, 0.4) is 0 Å². The van der Waals surface area contributed by atoms with Gasteiger partial charge in [0, 0.05) is 0 Å². The van der Waals surface area contributed by atoms with Gasteiger partial charge in [-0.15, -0.1) is 0 Å². The lowest BCUT2D eigenvalue weighted by Crippen LogP contribution is -2.27. The van der Waals surface area contributed by atoms with Gasteiger partial charge in [0.1, 0.15) is 0 Å². The Kier molecular flexibility index (Phi) is 3.54. The summed E-state index contributed by atoms with van der Waals surface area (Å²) >= 11 is 0. The van der Waals surface area contributed by atoms with E-state index in [4.69, 9.17) is 9.47 Å². The van der Waals surface area contributed by atoms with Crippen molar-refractivity contribution in [2.45, 2.75) is 44.6 Å². The molecule has 0 amide bonds. The zero-order valence-electron chi connectivity index (χ0n) is 11.5. The molecule has 20 heavy (non-hydrogen) atoms. The predicted molar refractivity (Wildman–Crippen MR) is 73.3 cm³/mol. The molecule has 4 nitrogen and oxygen atoms in total. The van der Waals surface area contributed by atoms with Gasteiger partial charge in [0.05, 0.1) is 17.6 Å². The molecule has 1 heterocycles. The van der Waals surface area contributed by atoms with Gasteiger partial charge in [0.25, 0.3) is 0 Å². The molecular formula is C16H19NO3. The molecule has 1 atom stereocenters. The average molecular weight is 273 g/mol. The summed E-state index contributed by atoms with van der Waals surface area (Å²) in [6.45, 7) is 0.221. The van der Waals surface area contributed by atoms with Gasteiger partial charge in [-0.05, 0) is 30.5 Å². The van der Waals surface area contributed by atoms with Gasteiger partial charge in [0.15, 0.2) is 11.5 Å². The number of hydrogen-bond donors (Lipinski definition) is 1. The second kappa shape index (κ2) is 5.34. The molecule has 1 aliphatic heterocycles. The first-order valence-electron chi connectivity index (χ1n) is 7.24. The summed E-state index contributed by atoms with van der Waals surface area (Å²) in [6, 6.07) is 7.85. The summed E-state index contributed by atoms with van der Waals surface area (Å²) in [7, 11) is 0. The summed E-state index contributed by atoms with van der Waals surface area (Å²) in [5, 5.41) is 20.4. The first-order chi connectivity index (χ1) is 9.75. The molecule has 0 radical (unpaired) electrons. The Morgan fingerprint density at radius 3 is 2.50 bits per heavy atom. The molecule has 4 heteroatoms. The number of benzene rings is 1.